The van der Waals surface area contributed by atoms with Gasteiger partial charge in [0.1, 0.15) is 6.61 Å². The number of hydrogen-bond donors (Lipinski definition) is 0. The Morgan fingerprint density at radius 1 is 1.07 bits per heavy atom. The molecule has 5 nitrogen and oxygen atoms in total. The summed E-state index contributed by atoms with van der Waals surface area (Å²) >= 11 is 0. The summed E-state index contributed by atoms with van der Waals surface area (Å²) in [6.07, 6.45) is -0.915. The van der Waals surface area contributed by atoms with Crippen molar-refractivity contribution < 1.29 is 23.9 Å². The Labute approximate surface area is 158 Å². The van der Waals surface area contributed by atoms with Gasteiger partial charge in [-0.3, -0.25) is 9.59 Å². The summed E-state index contributed by atoms with van der Waals surface area (Å²) in [4.78, 5) is 37.0. The van der Waals surface area contributed by atoms with Crippen molar-refractivity contribution >= 4 is 17.7 Å². The molecule has 1 aliphatic heterocycles. The second-order valence-corrected chi connectivity index (χ2v) is 7.46. The van der Waals surface area contributed by atoms with Gasteiger partial charge in [-0.2, -0.15) is 0 Å². The van der Waals surface area contributed by atoms with Gasteiger partial charge in [-0.05, 0) is 18.6 Å². The van der Waals surface area contributed by atoms with Crippen molar-refractivity contribution in [1.82, 2.24) is 0 Å². The van der Waals surface area contributed by atoms with E-state index in [1.807, 2.05) is 19.9 Å². The van der Waals surface area contributed by atoms with Crippen molar-refractivity contribution in [1.29, 1.82) is 0 Å². The maximum atomic E-state index is 12.6. The minimum Gasteiger partial charge on any atom is -0.462 e. The Kier molecular flexibility index (Phi) is 5.13. The highest BCUT2D eigenvalue weighted by molar-refractivity contribution is 6.09. The van der Waals surface area contributed by atoms with Crippen molar-refractivity contribution in [3.8, 4) is 0 Å². The Morgan fingerprint density at radius 2 is 1.74 bits per heavy atom. The fourth-order valence-electron chi connectivity index (χ4n) is 2.99. The first-order valence-corrected chi connectivity index (χ1v) is 8.86. The summed E-state index contributed by atoms with van der Waals surface area (Å²) in [6.45, 7) is 5.56. The molecule has 3 rings (SSSR count). The quantitative estimate of drug-likeness (QED) is 0.598. The van der Waals surface area contributed by atoms with Gasteiger partial charge < -0.3 is 9.47 Å². The van der Waals surface area contributed by atoms with E-state index in [1.165, 1.54) is 0 Å². The van der Waals surface area contributed by atoms with Crippen molar-refractivity contribution in [2.24, 2.45) is 5.41 Å². The third kappa shape index (κ3) is 3.92. The van der Waals surface area contributed by atoms with Crippen LogP contribution in [0.1, 0.15) is 48.2 Å². The fraction of sp³-hybridized carbons (Fsp3) is 0.318. The summed E-state index contributed by atoms with van der Waals surface area (Å²) in [6, 6.07) is 15.9. The van der Waals surface area contributed by atoms with Gasteiger partial charge in [-0.25, -0.2) is 4.79 Å². The zero-order valence-electron chi connectivity index (χ0n) is 15.6. The molecule has 140 valence electrons. The molecule has 0 radical (unpaired) electrons. The molecule has 27 heavy (non-hydrogen) atoms. The minimum absolute atomic E-state index is 0.112. The molecule has 2 aromatic carbocycles. The Bertz CT molecular complexity index is 869. The highest BCUT2D eigenvalue weighted by Gasteiger charge is 2.47. The van der Waals surface area contributed by atoms with Gasteiger partial charge in [-0.15, -0.1) is 0 Å². The number of carbonyl (C=O) groups is 3. The number of ether oxygens (including phenoxy) is 2. The molecule has 0 N–H and O–H groups in total. The molecule has 2 aromatic rings. The molecule has 1 heterocycles. The highest BCUT2D eigenvalue weighted by atomic mass is 16.6. The lowest BCUT2D eigenvalue weighted by Crippen LogP contribution is -2.36. The predicted octanol–water partition coefficient (Wildman–Crippen LogP) is 3.52. The van der Waals surface area contributed by atoms with Gasteiger partial charge in [0, 0.05) is 16.5 Å². The molecule has 0 aromatic heterocycles. The molecule has 0 unspecified atom stereocenters. The first-order valence-electron chi connectivity index (χ1n) is 8.86. The maximum absolute atomic E-state index is 12.6. The van der Waals surface area contributed by atoms with Crippen LogP contribution in [0, 0.1) is 5.41 Å². The SMILES string of the molecule is C[C@@H](C(=O)O[C@H]1C(=O)OCC1(C)C)c1cccc(C(=O)c2ccccc2)c1. The molecule has 0 spiro atoms. The van der Waals surface area contributed by atoms with Crippen LogP contribution >= 0.6 is 0 Å². The lowest BCUT2D eigenvalue weighted by atomic mass is 9.89. The van der Waals surface area contributed by atoms with Crippen LogP contribution in [0.2, 0.25) is 0 Å². The van der Waals surface area contributed by atoms with Crippen molar-refractivity contribution in [2.45, 2.75) is 32.8 Å². The third-order valence-electron chi connectivity index (χ3n) is 4.78. The predicted molar refractivity (Wildman–Crippen MR) is 99.4 cm³/mol. The normalized spacial score (nSPS) is 19.2. The smallest absolute Gasteiger partial charge is 0.348 e. The standard InChI is InChI=1S/C22H22O5/c1-14(20(24)27-19-21(25)26-13-22(19,2)3)16-10-7-11-17(12-16)18(23)15-8-5-4-6-9-15/h4-12,14,19H,13H2,1-3H3/t14-,19+/m1/s1. The minimum atomic E-state index is -0.915. The van der Waals surface area contributed by atoms with E-state index in [9.17, 15) is 14.4 Å². The largest absolute Gasteiger partial charge is 0.462 e. The average molecular weight is 366 g/mol. The van der Waals surface area contributed by atoms with Gasteiger partial charge in [0.25, 0.3) is 0 Å². The summed E-state index contributed by atoms with van der Waals surface area (Å²) in [7, 11) is 0. The number of cyclic esters (lactones) is 1. The Morgan fingerprint density at radius 3 is 2.37 bits per heavy atom. The van der Waals surface area contributed by atoms with Crippen LogP contribution < -0.4 is 0 Å². The fourth-order valence-corrected chi connectivity index (χ4v) is 2.99. The molecule has 5 heteroatoms. The molecule has 1 aliphatic rings. The van der Waals surface area contributed by atoms with Gasteiger partial charge in [0.2, 0.25) is 6.10 Å². The summed E-state index contributed by atoms with van der Waals surface area (Å²) in [5.74, 6) is -1.76. The Balaban J connectivity index is 1.77. The highest BCUT2D eigenvalue weighted by Crippen LogP contribution is 2.32. The summed E-state index contributed by atoms with van der Waals surface area (Å²) in [5.41, 5.74) is 1.18. The lowest BCUT2D eigenvalue weighted by molar-refractivity contribution is -0.164. The second-order valence-electron chi connectivity index (χ2n) is 7.46. The molecule has 0 amide bonds. The van der Waals surface area contributed by atoms with Crippen LogP contribution in [0.4, 0.5) is 0 Å². The number of ketones is 1. The van der Waals surface area contributed by atoms with E-state index in [4.69, 9.17) is 9.47 Å². The third-order valence-corrected chi connectivity index (χ3v) is 4.78. The van der Waals surface area contributed by atoms with Crippen molar-refractivity contribution in [3.63, 3.8) is 0 Å². The van der Waals surface area contributed by atoms with E-state index in [-0.39, 0.29) is 12.4 Å². The van der Waals surface area contributed by atoms with Gasteiger partial charge in [-0.1, -0.05) is 62.4 Å². The first-order chi connectivity index (χ1) is 12.8. The van der Waals surface area contributed by atoms with E-state index in [2.05, 4.69) is 0 Å². The molecule has 0 saturated carbocycles. The zero-order chi connectivity index (χ0) is 19.6. The number of rotatable bonds is 5. The number of carbonyl (C=O) groups excluding carboxylic acids is 3. The van der Waals surface area contributed by atoms with Crippen LogP contribution in [-0.4, -0.2) is 30.4 Å². The molecule has 0 aliphatic carbocycles. The van der Waals surface area contributed by atoms with Crippen LogP contribution in [0.5, 0.6) is 0 Å². The molecule has 2 atom stereocenters. The number of esters is 2. The summed E-state index contributed by atoms with van der Waals surface area (Å²) in [5, 5.41) is 0. The van der Waals surface area contributed by atoms with Gasteiger partial charge in [0.15, 0.2) is 5.78 Å². The van der Waals surface area contributed by atoms with Crippen molar-refractivity contribution in [2.75, 3.05) is 6.61 Å². The molecule has 0 bridgehead atoms. The van der Waals surface area contributed by atoms with Crippen LogP contribution in [-0.2, 0) is 19.1 Å². The zero-order valence-corrected chi connectivity index (χ0v) is 15.6. The van der Waals surface area contributed by atoms with E-state index in [1.54, 1.807) is 55.5 Å². The van der Waals surface area contributed by atoms with E-state index in [0.717, 1.165) is 0 Å². The van der Waals surface area contributed by atoms with Crippen LogP contribution in [0.3, 0.4) is 0 Å². The maximum Gasteiger partial charge on any atom is 0.348 e. The molecule has 1 saturated heterocycles. The topological polar surface area (TPSA) is 69.7 Å². The molecular formula is C22H22O5. The van der Waals surface area contributed by atoms with Crippen LogP contribution in [0.25, 0.3) is 0 Å². The lowest BCUT2D eigenvalue weighted by Gasteiger charge is -2.23. The summed E-state index contributed by atoms with van der Waals surface area (Å²) < 4.78 is 10.4. The van der Waals surface area contributed by atoms with E-state index >= 15 is 0 Å². The Hall–Kier alpha value is -2.95. The van der Waals surface area contributed by atoms with Gasteiger partial charge in [0.05, 0.1) is 5.92 Å². The average Bonchev–Trinajstić information content (AvgIpc) is 2.94. The molecule has 1 fully saturated rings. The first kappa shape index (κ1) is 18.8. The second kappa shape index (κ2) is 7.35. The van der Waals surface area contributed by atoms with E-state index in [0.29, 0.717) is 16.7 Å². The monoisotopic (exact) mass is 366 g/mol. The van der Waals surface area contributed by atoms with E-state index < -0.39 is 29.4 Å². The van der Waals surface area contributed by atoms with Gasteiger partial charge >= 0.3 is 11.9 Å². The van der Waals surface area contributed by atoms with Crippen molar-refractivity contribution in [3.05, 3.63) is 71.3 Å². The molecular weight excluding hydrogens is 344 g/mol. The number of hydrogen-bond acceptors (Lipinski definition) is 5. The number of benzene rings is 2. The van der Waals surface area contributed by atoms with Crippen LogP contribution in [0.15, 0.2) is 54.6 Å².